The second-order valence-electron chi connectivity index (χ2n) is 6.13. The fraction of sp³-hybridized carbons (Fsp3) is 0.130. The number of thiol groups is 1. The molecule has 0 atom stereocenters. The van der Waals surface area contributed by atoms with Gasteiger partial charge in [-0.2, -0.15) is 0 Å². The van der Waals surface area contributed by atoms with Crippen molar-refractivity contribution in [2.24, 2.45) is 0 Å². The Balaban J connectivity index is 2.25. The van der Waals surface area contributed by atoms with E-state index in [2.05, 4.69) is 26.1 Å². The van der Waals surface area contributed by atoms with Crippen molar-refractivity contribution < 1.29 is 4.79 Å². The van der Waals surface area contributed by atoms with Crippen molar-refractivity contribution in [3.8, 4) is 10.6 Å². The van der Waals surface area contributed by atoms with Crippen LogP contribution in [-0.4, -0.2) is 27.0 Å². The number of pyridine rings is 1. The molecule has 0 spiro atoms. The lowest BCUT2D eigenvalue weighted by molar-refractivity contribution is -0.104. The Hall–Kier alpha value is -2.48. The molecule has 0 aliphatic rings. The molecule has 0 amide bonds. The van der Waals surface area contributed by atoms with E-state index in [4.69, 9.17) is 15.0 Å². The maximum Gasteiger partial charge on any atom is 0.179 e. The van der Waals surface area contributed by atoms with E-state index in [1.54, 1.807) is 41.3 Å². The SMILES string of the molecule is C=C/C=C(\S)c1nc2nc(C)c(/C(=C/C=C/C=O)SCC)cc2nc1-c1cccs1. The number of rotatable bonds is 8. The number of allylic oxidation sites excluding steroid dienone is 5. The summed E-state index contributed by atoms with van der Waals surface area (Å²) in [4.78, 5) is 27.8. The Morgan fingerprint density at radius 3 is 2.77 bits per heavy atom. The van der Waals surface area contributed by atoms with Gasteiger partial charge in [0, 0.05) is 21.1 Å². The van der Waals surface area contributed by atoms with Gasteiger partial charge in [-0.15, -0.1) is 35.7 Å². The van der Waals surface area contributed by atoms with Gasteiger partial charge in [0.2, 0.25) is 0 Å². The van der Waals surface area contributed by atoms with Gasteiger partial charge in [-0.05, 0) is 48.4 Å². The lowest BCUT2D eigenvalue weighted by atomic mass is 10.1. The number of thioether (sulfide) groups is 1. The molecule has 0 radical (unpaired) electrons. The molecule has 0 aliphatic carbocycles. The van der Waals surface area contributed by atoms with Gasteiger partial charge in [0.25, 0.3) is 0 Å². The second kappa shape index (κ2) is 10.5. The zero-order valence-corrected chi connectivity index (χ0v) is 19.2. The average molecular weight is 452 g/mol. The molecule has 152 valence electrons. The molecule has 0 saturated carbocycles. The zero-order chi connectivity index (χ0) is 21.5. The summed E-state index contributed by atoms with van der Waals surface area (Å²) in [6, 6.07) is 6.02. The molecule has 0 bridgehead atoms. The van der Waals surface area contributed by atoms with E-state index in [1.165, 1.54) is 6.08 Å². The van der Waals surface area contributed by atoms with E-state index in [1.807, 2.05) is 36.6 Å². The summed E-state index contributed by atoms with van der Waals surface area (Å²) in [6.07, 6.45) is 9.39. The van der Waals surface area contributed by atoms with E-state index in [9.17, 15) is 4.79 Å². The molecule has 0 aliphatic heterocycles. The summed E-state index contributed by atoms with van der Waals surface area (Å²) in [5, 5.41) is 2.01. The third-order valence-corrected chi connectivity index (χ3v) is 6.32. The smallest absolute Gasteiger partial charge is 0.179 e. The lowest BCUT2D eigenvalue weighted by Gasteiger charge is -2.12. The summed E-state index contributed by atoms with van der Waals surface area (Å²) < 4.78 is 0. The highest BCUT2D eigenvalue weighted by Gasteiger charge is 2.17. The quantitative estimate of drug-likeness (QED) is 0.187. The highest BCUT2D eigenvalue weighted by Crippen LogP contribution is 2.35. The van der Waals surface area contributed by atoms with Crippen molar-refractivity contribution in [1.29, 1.82) is 0 Å². The molecule has 0 aromatic carbocycles. The van der Waals surface area contributed by atoms with Crippen LogP contribution in [0.3, 0.4) is 0 Å². The van der Waals surface area contributed by atoms with Gasteiger partial charge in [-0.3, -0.25) is 4.79 Å². The molecule has 30 heavy (non-hydrogen) atoms. The first-order chi connectivity index (χ1) is 14.6. The Morgan fingerprint density at radius 2 is 2.10 bits per heavy atom. The minimum Gasteiger partial charge on any atom is -0.299 e. The van der Waals surface area contributed by atoms with Gasteiger partial charge in [-0.1, -0.05) is 31.7 Å². The van der Waals surface area contributed by atoms with Crippen LogP contribution in [-0.2, 0) is 4.79 Å². The van der Waals surface area contributed by atoms with Gasteiger partial charge in [0.1, 0.15) is 23.2 Å². The molecule has 4 nitrogen and oxygen atoms in total. The van der Waals surface area contributed by atoms with Crippen molar-refractivity contribution in [2.45, 2.75) is 13.8 Å². The molecule has 7 heteroatoms. The molecule has 3 aromatic heterocycles. The highest BCUT2D eigenvalue weighted by molar-refractivity contribution is 8.08. The third kappa shape index (κ3) is 4.98. The summed E-state index contributed by atoms with van der Waals surface area (Å²) in [7, 11) is 0. The first-order valence-corrected chi connectivity index (χ1v) is 11.6. The standard InChI is InChI=1S/C23H21N3OS3/c1-4-9-18(28)21-22(20-11-8-13-30-20)25-17-14-16(15(3)24-23(17)26-21)19(29-5-2)10-6-7-12-27/h4,6-14,28H,1,5H2,2-3H3/b7-6+,18-9-,19-10-. The predicted molar refractivity (Wildman–Crippen MR) is 134 cm³/mol. The van der Waals surface area contributed by atoms with E-state index >= 15 is 0 Å². The van der Waals surface area contributed by atoms with Crippen LogP contribution in [0.25, 0.3) is 31.5 Å². The van der Waals surface area contributed by atoms with Crippen molar-refractivity contribution in [2.75, 3.05) is 5.75 Å². The van der Waals surface area contributed by atoms with E-state index < -0.39 is 0 Å². The molecule has 3 heterocycles. The first-order valence-electron chi connectivity index (χ1n) is 9.29. The number of thiophene rings is 1. The van der Waals surface area contributed by atoms with Gasteiger partial charge in [0.05, 0.1) is 4.88 Å². The van der Waals surface area contributed by atoms with Crippen LogP contribution >= 0.6 is 35.7 Å². The normalized spacial score (nSPS) is 12.6. The summed E-state index contributed by atoms with van der Waals surface area (Å²) in [6.45, 7) is 7.80. The van der Waals surface area contributed by atoms with Gasteiger partial charge >= 0.3 is 0 Å². The molecule has 0 N–H and O–H groups in total. The Kier molecular flexibility index (Phi) is 7.79. The van der Waals surface area contributed by atoms with Crippen molar-refractivity contribution >= 4 is 63.0 Å². The molecule has 0 saturated heterocycles. The van der Waals surface area contributed by atoms with E-state index in [0.29, 0.717) is 21.8 Å². The maximum absolute atomic E-state index is 10.6. The summed E-state index contributed by atoms with van der Waals surface area (Å²) in [5.74, 6) is 0.901. The average Bonchev–Trinajstić information content (AvgIpc) is 3.27. The second-order valence-corrected chi connectivity index (χ2v) is 8.87. The number of nitrogens with zero attached hydrogens (tertiary/aromatic N) is 3. The van der Waals surface area contributed by atoms with E-state index in [0.717, 1.165) is 38.8 Å². The van der Waals surface area contributed by atoms with Crippen LogP contribution in [0.1, 0.15) is 23.9 Å². The molecule has 3 aromatic rings. The molecular formula is C23H21N3OS3. The number of carbonyl (C=O) groups excluding carboxylic acids is 1. The molecule has 0 fully saturated rings. The fourth-order valence-electron chi connectivity index (χ4n) is 2.84. The van der Waals surface area contributed by atoms with Crippen LogP contribution in [0.5, 0.6) is 0 Å². The predicted octanol–water partition coefficient (Wildman–Crippen LogP) is 6.37. The number of fused-ring (bicyclic) bond motifs is 1. The fourth-order valence-corrected chi connectivity index (χ4v) is 4.67. The van der Waals surface area contributed by atoms with Crippen molar-refractivity contribution in [3.63, 3.8) is 0 Å². The van der Waals surface area contributed by atoms with Crippen LogP contribution in [0.2, 0.25) is 0 Å². The minimum atomic E-state index is 0.569. The van der Waals surface area contributed by atoms with Crippen molar-refractivity contribution in [3.05, 3.63) is 77.5 Å². The van der Waals surface area contributed by atoms with Crippen LogP contribution < -0.4 is 0 Å². The molecule has 0 unspecified atom stereocenters. The number of aldehydes is 1. The third-order valence-electron chi connectivity index (χ3n) is 4.12. The Bertz CT molecular complexity index is 1160. The van der Waals surface area contributed by atoms with Crippen LogP contribution in [0, 0.1) is 6.92 Å². The Labute approximate surface area is 190 Å². The Morgan fingerprint density at radius 1 is 1.27 bits per heavy atom. The van der Waals surface area contributed by atoms with E-state index in [-0.39, 0.29) is 0 Å². The van der Waals surface area contributed by atoms with Gasteiger partial charge in [0.15, 0.2) is 5.65 Å². The summed E-state index contributed by atoms with van der Waals surface area (Å²) >= 11 is 7.89. The number of aromatic nitrogens is 3. The minimum absolute atomic E-state index is 0.569. The monoisotopic (exact) mass is 451 g/mol. The maximum atomic E-state index is 10.6. The molecule has 3 rings (SSSR count). The van der Waals surface area contributed by atoms with Crippen LogP contribution in [0.4, 0.5) is 0 Å². The summed E-state index contributed by atoms with van der Waals surface area (Å²) in [5.41, 5.74) is 4.57. The number of carbonyl (C=O) groups is 1. The first kappa shape index (κ1) is 22.2. The van der Waals surface area contributed by atoms with Crippen LogP contribution in [0.15, 0.2) is 60.5 Å². The largest absolute Gasteiger partial charge is 0.299 e. The lowest BCUT2D eigenvalue weighted by Crippen LogP contribution is -2.01. The number of aryl methyl sites for hydroxylation is 1. The van der Waals surface area contributed by atoms with Crippen molar-refractivity contribution in [1.82, 2.24) is 15.0 Å². The van der Waals surface area contributed by atoms with Gasteiger partial charge < -0.3 is 0 Å². The number of hydrogen-bond acceptors (Lipinski definition) is 7. The number of hydrogen-bond donors (Lipinski definition) is 1. The van der Waals surface area contributed by atoms with Gasteiger partial charge in [-0.25, -0.2) is 15.0 Å². The zero-order valence-electron chi connectivity index (χ0n) is 16.7. The highest BCUT2D eigenvalue weighted by atomic mass is 32.2. The topological polar surface area (TPSA) is 55.7 Å². The molecular weight excluding hydrogens is 430 g/mol.